The molecule has 0 saturated carbocycles. The second-order valence-electron chi connectivity index (χ2n) is 6.05. The van der Waals surface area contributed by atoms with Crippen LogP contribution in [-0.2, 0) is 0 Å². The number of fused-ring (bicyclic) bond motifs is 1. The number of anilines is 2. The van der Waals surface area contributed by atoms with E-state index in [4.69, 9.17) is 10.2 Å². The molecule has 4 rings (SSSR count). The van der Waals surface area contributed by atoms with Crippen LogP contribution >= 0.6 is 0 Å². The molecule has 7 nitrogen and oxygen atoms in total. The zero-order valence-electron chi connectivity index (χ0n) is 15.0. The zero-order valence-corrected chi connectivity index (χ0v) is 15.0. The highest BCUT2D eigenvalue weighted by molar-refractivity contribution is 5.90. The molecular formula is C21H17N7. The second-order valence-corrected chi connectivity index (χ2v) is 6.05. The number of nitrogens with zero attached hydrogens (tertiary/aromatic N) is 5. The lowest BCUT2D eigenvalue weighted by Gasteiger charge is -2.11. The molecule has 28 heavy (non-hydrogen) atoms. The largest absolute Gasteiger partial charge is 0.368 e. The lowest BCUT2D eigenvalue weighted by molar-refractivity contribution is 1.04. The van der Waals surface area contributed by atoms with Crippen LogP contribution in [0.1, 0.15) is 5.56 Å². The Morgan fingerprint density at radius 3 is 2.57 bits per heavy atom. The molecular weight excluding hydrogens is 350 g/mol. The van der Waals surface area contributed by atoms with Gasteiger partial charge >= 0.3 is 0 Å². The molecule has 0 aliphatic heterocycles. The first-order chi connectivity index (χ1) is 13.8. The molecule has 0 fully saturated rings. The standard InChI is InChI=1S/C21H17N7/c22-12-15-7-8-19(26-13-15)24-10-11-25-21-17-5-1-2-6-18(17)27-20(28-21)16-4-3-9-23-14-16/h1-9,13-14H,10-11H2,(H,24,26)(H,25,27,28). The van der Waals surface area contributed by atoms with E-state index in [1.54, 1.807) is 30.7 Å². The third kappa shape index (κ3) is 3.86. The monoisotopic (exact) mass is 367 g/mol. The van der Waals surface area contributed by atoms with E-state index >= 15 is 0 Å². The highest BCUT2D eigenvalue weighted by atomic mass is 15.1. The molecule has 0 unspecified atom stereocenters. The van der Waals surface area contributed by atoms with Gasteiger partial charge in [-0.05, 0) is 36.4 Å². The minimum Gasteiger partial charge on any atom is -0.368 e. The topological polar surface area (TPSA) is 99.4 Å². The van der Waals surface area contributed by atoms with E-state index in [1.807, 2.05) is 36.4 Å². The van der Waals surface area contributed by atoms with Crippen LogP contribution < -0.4 is 10.6 Å². The van der Waals surface area contributed by atoms with Gasteiger partial charge in [-0.25, -0.2) is 15.0 Å². The molecule has 3 aromatic heterocycles. The maximum absolute atomic E-state index is 8.82. The maximum Gasteiger partial charge on any atom is 0.163 e. The Morgan fingerprint density at radius 2 is 1.79 bits per heavy atom. The molecule has 0 radical (unpaired) electrons. The fourth-order valence-electron chi connectivity index (χ4n) is 2.77. The van der Waals surface area contributed by atoms with E-state index in [1.165, 1.54) is 0 Å². The molecule has 7 heteroatoms. The highest BCUT2D eigenvalue weighted by Crippen LogP contribution is 2.24. The molecule has 136 valence electrons. The Labute approximate surface area is 162 Å². The van der Waals surface area contributed by atoms with Gasteiger partial charge in [0.15, 0.2) is 5.82 Å². The summed E-state index contributed by atoms with van der Waals surface area (Å²) in [5, 5.41) is 16.4. The number of para-hydroxylation sites is 1. The zero-order chi connectivity index (χ0) is 19.2. The molecule has 0 aliphatic rings. The average molecular weight is 367 g/mol. The summed E-state index contributed by atoms with van der Waals surface area (Å²) < 4.78 is 0. The van der Waals surface area contributed by atoms with Gasteiger partial charge in [-0.3, -0.25) is 4.98 Å². The third-order valence-electron chi connectivity index (χ3n) is 4.14. The van der Waals surface area contributed by atoms with Crippen LogP contribution in [0.25, 0.3) is 22.3 Å². The van der Waals surface area contributed by atoms with Crippen molar-refractivity contribution in [3.63, 3.8) is 0 Å². The smallest absolute Gasteiger partial charge is 0.163 e. The van der Waals surface area contributed by atoms with Gasteiger partial charge in [-0.15, -0.1) is 0 Å². The van der Waals surface area contributed by atoms with E-state index in [9.17, 15) is 0 Å². The number of hydrogen-bond acceptors (Lipinski definition) is 7. The van der Waals surface area contributed by atoms with Crippen molar-refractivity contribution in [3.8, 4) is 17.5 Å². The molecule has 0 atom stereocenters. The van der Waals surface area contributed by atoms with Gasteiger partial charge in [0.1, 0.15) is 17.7 Å². The molecule has 0 saturated heterocycles. The Morgan fingerprint density at radius 1 is 0.893 bits per heavy atom. The van der Waals surface area contributed by atoms with E-state index < -0.39 is 0 Å². The number of benzene rings is 1. The summed E-state index contributed by atoms with van der Waals surface area (Å²) in [5.74, 6) is 2.14. The summed E-state index contributed by atoms with van der Waals surface area (Å²) in [6, 6.07) is 17.3. The first-order valence-corrected chi connectivity index (χ1v) is 8.84. The summed E-state index contributed by atoms with van der Waals surface area (Å²) in [5.41, 5.74) is 2.29. The summed E-state index contributed by atoms with van der Waals surface area (Å²) >= 11 is 0. The van der Waals surface area contributed by atoms with E-state index in [2.05, 4.69) is 31.7 Å². The highest BCUT2D eigenvalue weighted by Gasteiger charge is 2.09. The summed E-state index contributed by atoms with van der Waals surface area (Å²) in [6.45, 7) is 1.30. The van der Waals surface area contributed by atoms with Gasteiger partial charge in [0.25, 0.3) is 0 Å². The predicted octanol–water partition coefficient (Wildman–Crippen LogP) is 3.48. The van der Waals surface area contributed by atoms with E-state index in [-0.39, 0.29) is 0 Å². The quantitative estimate of drug-likeness (QED) is 0.503. The lowest BCUT2D eigenvalue weighted by Crippen LogP contribution is -2.15. The number of pyridine rings is 2. The maximum atomic E-state index is 8.82. The fraction of sp³-hybridized carbons (Fsp3) is 0.0952. The summed E-state index contributed by atoms with van der Waals surface area (Å²) in [6.07, 6.45) is 5.03. The minimum absolute atomic E-state index is 0.541. The van der Waals surface area contributed by atoms with Crippen LogP contribution in [0.5, 0.6) is 0 Å². The normalized spacial score (nSPS) is 10.4. The van der Waals surface area contributed by atoms with E-state index in [0.29, 0.717) is 24.5 Å². The molecule has 0 aliphatic carbocycles. The van der Waals surface area contributed by atoms with Gasteiger partial charge in [0, 0.05) is 42.6 Å². The molecule has 0 amide bonds. The molecule has 0 bridgehead atoms. The number of aromatic nitrogens is 4. The second kappa shape index (κ2) is 8.10. The van der Waals surface area contributed by atoms with Crippen molar-refractivity contribution in [3.05, 3.63) is 72.7 Å². The van der Waals surface area contributed by atoms with Crippen LogP contribution in [0.2, 0.25) is 0 Å². The predicted molar refractivity (Wildman–Crippen MR) is 109 cm³/mol. The number of nitrogens with one attached hydrogen (secondary N) is 2. The van der Waals surface area contributed by atoms with Crippen molar-refractivity contribution >= 4 is 22.5 Å². The summed E-state index contributed by atoms with van der Waals surface area (Å²) in [4.78, 5) is 17.7. The number of hydrogen-bond donors (Lipinski definition) is 2. The molecule has 2 N–H and O–H groups in total. The molecule has 0 spiro atoms. The lowest BCUT2D eigenvalue weighted by atomic mass is 10.2. The van der Waals surface area contributed by atoms with Crippen LogP contribution in [0, 0.1) is 11.3 Å². The van der Waals surface area contributed by atoms with Crippen molar-refractivity contribution in [2.45, 2.75) is 0 Å². The average Bonchev–Trinajstić information content (AvgIpc) is 2.77. The fourth-order valence-corrected chi connectivity index (χ4v) is 2.77. The van der Waals surface area contributed by atoms with Crippen molar-refractivity contribution in [1.29, 1.82) is 5.26 Å². The van der Waals surface area contributed by atoms with Gasteiger partial charge < -0.3 is 10.6 Å². The number of rotatable bonds is 6. The Kier molecular flexibility index (Phi) is 5.02. The Hall–Kier alpha value is -4.05. The van der Waals surface area contributed by atoms with Crippen LogP contribution in [0.3, 0.4) is 0 Å². The SMILES string of the molecule is N#Cc1ccc(NCCNc2nc(-c3cccnc3)nc3ccccc23)nc1. The van der Waals surface area contributed by atoms with Crippen molar-refractivity contribution < 1.29 is 0 Å². The Bertz CT molecular complexity index is 1120. The molecule has 3 heterocycles. The first-order valence-electron chi connectivity index (χ1n) is 8.84. The third-order valence-corrected chi connectivity index (χ3v) is 4.14. The van der Waals surface area contributed by atoms with Crippen molar-refractivity contribution in [2.75, 3.05) is 23.7 Å². The van der Waals surface area contributed by atoms with E-state index in [0.717, 1.165) is 28.1 Å². The summed E-state index contributed by atoms with van der Waals surface area (Å²) in [7, 11) is 0. The number of nitriles is 1. The first kappa shape index (κ1) is 17.4. The van der Waals surface area contributed by atoms with Crippen LogP contribution in [0.4, 0.5) is 11.6 Å². The van der Waals surface area contributed by atoms with Crippen LogP contribution in [0.15, 0.2) is 67.1 Å². The molecule has 4 aromatic rings. The van der Waals surface area contributed by atoms with Gasteiger partial charge in [-0.2, -0.15) is 5.26 Å². The van der Waals surface area contributed by atoms with Crippen molar-refractivity contribution in [1.82, 2.24) is 19.9 Å². The molecule has 1 aromatic carbocycles. The van der Waals surface area contributed by atoms with Crippen molar-refractivity contribution in [2.24, 2.45) is 0 Å². The van der Waals surface area contributed by atoms with Gasteiger partial charge in [0.05, 0.1) is 11.1 Å². The van der Waals surface area contributed by atoms with Gasteiger partial charge in [0.2, 0.25) is 0 Å². The van der Waals surface area contributed by atoms with Gasteiger partial charge in [-0.1, -0.05) is 12.1 Å². The minimum atomic E-state index is 0.541. The van der Waals surface area contributed by atoms with Crippen LogP contribution in [-0.4, -0.2) is 33.0 Å². The Balaban J connectivity index is 1.50.